The molecule has 0 bridgehead atoms. The van der Waals surface area contributed by atoms with Crippen LogP contribution in [0.2, 0.25) is 0 Å². The van der Waals surface area contributed by atoms with Crippen molar-refractivity contribution < 1.29 is 14.3 Å². The number of pyridine rings is 1. The lowest BCUT2D eigenvalue weighted by Crippen LogP contribution is -2.21. The second-order valence-electron chi connectivity index (χ2n) is 4.49. The Morgan fingerprint density at radius 1 is 1.24 bits per heavy atom. The van der Waals surface area contributed by atoms with Crippen molar-refractivity contribution in [3.63, 3.8) is 0 Å². The van der Waals surface area contributed by atoms with Gasteiger partial charge in [0.15, 0.2) is 0 Å². The second kappa shape index (κ2) is 6.27. The Balaban J connectivity index is 1.76. The molecule has 1 amide bonds. The summed E-state index contributed by atoms with van der Waals surface area (Å²) in [7, 11) is 0. The van der Waals surface area contributed by atoms with Crippen LogP contribution in [-0.4, -0.2) is 40.2 Å². The van der Waals surface area contributed by atoms with Crippen LogP contribution in [0.15, 0.2) is 36.8 Å². The van der Waals surface area contributed by atoms with Crippen LogP contribution in [0.5, 0.6) is 5.88 Å². The summed E-state index contributed by atoms with van der Waals surface area (Å²) in [5.74, 6) is 0.172. The van der Waals surface area contributed by atoms with E-state index >= 15 is 0 Å². The Labute approximate surface area is 121 Å². The molecule has 0 aromatic carbocycles. The number of amides is 1. The quantitative estimate of drug-likeness (QED) is 0.911. The highest BCUT2D eigenvalue weighted by atomic mass is 16.5. The fourth-order valence-corrected chi connectivity index (χ4v) is 1.95. The zero-order chi connectivity index (χ0) is 14.5. The van der Waals surface area contributed by atoms with Crippen LogP contribution in [0.4, 0.5) is 5.95 Å². The molecule has 3 rings (SSSR count). The summed E-state index contributed by atoms with van der Waals surface area (Å²) >= 11 is 0. The molecule has 1 aliphatic rings. The van der Waals surface area contributed by atoms with Gasteiger partial charge in [0.1, 0.15) is 11.7 Å². The molecule has 1 N–H and O–H groups in total. The standard InChI is InChI=1S/C14H14N4O3/c19-12(18-14-16-6-2-7-17-14)11-3-1-5-15-13(11)21-10-4-8-20-9-10/h1-3,5-7,10H,4,8-9H2,(H,16,17,18,19)/t10-/m1/s1. The molecule has 1 saturated heterocycles. The van der Waals surface area contributed by atoms with Gasteiger partial charge < -0.3 is 9.47 Å². The van der Waals surface area contributed by atoms with Crippen molar-refractivity contribution in [2.24, 2.45) is 0 Å². The molecule has 7 heteroatoms. The maximum Gasteiger partial charge on any atom is 0.263 e. The van der Waals surface area contributed by atoms with Gasteiger partial charge in [0.25, 0.3) is 5.91 Å². The second-order valence-corrected chi connectivity index (χ2v) is 4.49. The van der Waals surface area contributed by atoms with Gasteiger partial charge in [-0.3, -0.25) is 10.1 Å². The molecule has 1 aliphatic heterocycles. The fourth-order valence-electron chi connectivity index (χ4n) is 1.95. The normalized spacial score (nSPS) is 17.4. The Kier molecular flexibility index (Phi) is 4.02. The van der Waals surface area contributed by atoms with Gasteiger partial charge in [-0.05, 0) is 18.2 Å². The summed E-state index contributed by atoms with van der Waals surface area (Å²) in [6, 6.07) is 5.00. The van der Waals surface area contributed by atoms with E-state index in [1.165, 1.54) is 0 Å². The van der Waals surface area contributed by atoms with E-state index < -0.39 is 0 Å². The minimum Gasteiger partial charge on any atom is -0.471 e. The fraction of sp³-hybridized carbons (Fsp3) is 0.286. The van der Waals surface area contributed by atoms with Gasteiger partial charge in [0.05, 0.1) is 13.2 Å². The number of anilines is 1. The topological polar surface area (TPSA) is 86.2 Å². The maximum absolute atomic E-state index is 12.3. The van der Waals surface area contributed by atoms with Crippen LogP contribution < -0.4 is 10.1 Å². The van der Waals surface area contributed by atoms with Gasteiger partial charge in [-0.25, -0.2) is 15.0 Å². The summed E-state index contributed by atoms with van der Waals surface area (Å²) in [6.07, 6.45) is 5.41. The minimum absolute atomic E-state index is 0.0700. The molecule has 1 atom stereocenters. The third-order valence-electron chi connectivity index (χ3n) is 2.97. The zero-order valence-corrected chi connectivity index (χ0v) is 11.2. The lowest BCUT2D eigenvalue weighted by atomic mass is 10.2. The number of carbonyl (C=O) groups excluding carboxylic acids is 1. The highest BCUT2D eigenvalue weighted by Crippen LogP contribution is 2.19. The summed E-state index contributed by atoms with van der Waals surface area (Å²) in [4.78, 5) is 24.3. The van der Waals surface area contributed by atoms with E-state index in [-0.39, 0.29) is 18.0 Å². The Morgan fingerprint density at radius 2 is 2.05 bits per heavy atom. The molecule has 0 unspecified atom stereocenters. The highest BCUT2D eigenvalue weighted by Gasteiger charge is 2.21. The number of hydrogen-bond donors (Lipinski definition) is 1. The number of ether oxygens (including phenoxy) is 2. The predicted octanol–water partition coefficient (Wildman–Crippen LogP) is 1.29. The Bertz CT molecular complexity index is 615. The van der Waals surface area contributed by atoms with Crippen molar-refractivity contribution in [3.8, 4) is 5.88 Å². The Morgan fingerprint density at radius 3 is 2.81 bits per heavy atom. The molecule has 2 aromatic heterocycles. The van der Waals surface area contributed by atoms with E-state index in [1.54, 1.807) is 36.8 Å². The molecular formula is C14H14N4O3. The van der Waals surface area contributed by atoms with E-state index in [0.717, 1.165) is 6.42 Å². The lowest BCUT2D eigenvalue weighted by molar-refractivity contribution is 0.101. The number of nitrogens with one attached hydrogen (secondary N) is 1. The number of rotatable bonds is 4. The SMILES string of the molecule is O=C(Nc1ncccn1)c1cccnc1O[C@@H]1CCOC1. The number of nitrogens with zero attached hydrogens (tertiary/aromatic N) is 3. The molecule has 2 aromatic rings. The number of aromatic nitrogens is 3. The first kappa shape index (κ1) is 13.4. The smallest absolute Gasteiger partial charge is 0.263 e. The van der Waals surface area contributed by atoms with E-state index in [2.05, 4.69) is 20.3 Å². The summed E-state index contributed by atoms with van der Waals surface area (Å²) in [6.45, 7) is 1.18. The van der Waals surface area contributed by atoms with Crippen molar-refractivity contribution in [1.29, 1.82) is 0 Å². The van der Waals surface area contributed by atoms with Gasteiger partial charge in [-0.15, -0.1) is 0 Å². The van der Waals surface area contributed by atoms with Gasteiger partial charge in [-0.2, -0.15) is 0 Å². The molecule has 108 valence electrons. The van der Waals surface area contributed by atoms with Gasteiger partial charge in [0.2, 0.25) is 11.8 Å². The first-order valence-corrected chi connectivity index (χ1v) is 6.61. The molecule has 1 fully saturated rings. The molecule has 0 saturated carbocycles. The van der Waals surface area contributed by atoms with Crippen molar-refractivity contribution in [3.05, 3.63) is 42.4 Å². The van der Waals surface area contributed by atoms with Crippen molar-refractivity contribution in [2.75, 3.05) is 18.5 Å². The number of hydrogen-bond acceptors (Lipinski definition) is 6. The molecule has 3 heterocycles. The monoisotopic (exact) mass is 286 g/mol. The number of carbonyl (C=O) groups is 1. The maximum atomic E-state index is 12.3. The first-order valence-electron chi connectivity index (χ1n) is 6.61. The van der Waals surface area contributed by atoms with Crippen LogP contribution >= 0.6 is 0 Å². The molecule has 0 spiro atoms. The average Bonchev–Trinajstić information content (AvgIpc) is 3.02. The molecule has 21 heavy (non-hydrogen) atoms. The highest BCUT2D eigenvalue weighted by molar-refractivity contribution is 6.04. The van der Waals surface area contributed by atoms with E-state index in [9.17, 15) is 4.79 Å². The molecule has 0 radical (unpaired) electrons. The van der Waals surface area contributed by atoms with Gasteiger partial charge in [0, 0.05) is 25.0 Å². The predicted molar refractivity (Wildman–Crippen MR) is 74.1 cm³/mol. The van der Waals surface area contributed by atoms with Crippen LogP contribution in [0.1, 0.15) is 16.8 Å². The van der Waals surface area contributed by atoms with Gasteiger partial charge >= 0.3 is 0 Å². The summed E-state index contributed by atoms with van der Waals surface area (Å²) < 4.78 is 11.0. The molecule has 0 aliphatic carbocycles. The van der Waals surface area contributed by atoms with Gasteiger partial charge in [-0.1, -0.05) is 0 Å². The Hall–Kier alpha value is -2.54. The van der Waals surface area contributed by atoms with Crippen molar-refractivity contribution in [2.45, 2.75) is 12.5 Å². The summed E-state index contributed by atoms with van der Waals surface area (Å²) in [5, 5.41) is 2.61. The van der Waals surface area contributed by atoms with E-state index in [4.69, 9.17) is 9.47 Å². The molecule has 7 nitrogen and oxygen atoms in total. The first-order chi connectivity index (χ1) is 10.3. The summed E-state index contributed by atoms with van der Waals surface area (Å²) in [5.41, 5.74) is 0.344. The third-order valence-corrected chi connectivity index (χ3v) is 2.97. The van der Waals surface area contributed by atoms with E-state index in [1.807, 2.05) is 0 Å². The minimum atomic E-state index is -0.358. The van der Waals surface area contributed by atoms with Crippen molar-refractivity contribution >= 4 is 11.9 Å². The van der Waals surface area contributed by atoms with Crippen LogP contribution in [0.25, 0.3) is 0 Å². The largest absolute Gasteiger partial charge is 0.471 e. The van der Waals surface area contributed by atoms with Crippen molar-refractivity contribution in [1.82, 2.24) is 15.0 Å². The van der Waals surface area contributed by atoms with E-state index in [0.29, 0.717) is 24.7 Å². The average molecular weight is 286 g/mol. The third kappa shape index (κ3) is 3.32. The van der Waals surface area contributed by atoms with Crippen LogP contribution in [0, 0.1) is 0 Å². The lowest BCUT2D eigenvalue weighted by Gasteiger charge is -2.13. The molecular weight excluding hydrogens is 272 g/mol. The van der Waals surface area contributed by atoms with Crippen LogP contribution in [0.3, 0.4) is 0 Å². The zero-order valence-electron chi connectivity index (χ0n) is 11.2. The van der Waals surface area contributed by atoms with Crippen LogP contribution in [-0.2, 0) is 4.74 Å².